The van der Waals surface area contributed by atoms with Gasteiger partial charge >= 0.3 is 0 Å². The zero-order valence-electron chi connectivity index (χ0n) is 12.6. The molecule has 0 radical (unpaired) electrons. The normalized spacial score (nSPS) is 17.1. The smallest absolute Gasteiger partial charge is 0.128 e. The maximum atomic E-state index is 4.66. The van der Waals surface area contributed by atoms with Gasteiger partial charge in [0.25, 0.3) is 0 Å². The lowest BCUT2D eigenvalue weighted by atomic mass is 9.88. The Bertz CT molecular complexity index is 595. The number of nitrogens with one attached hydrogen (secondary N) is 2. The molecule has 0 bridgehead atoms. The van der Waals surface area contributed by atoms with Gasteiger partial charge < -0.3 is 10.6 Å². The molecule has 0 aliphatic heterocycles. The van der Waals surface area contributed by atoms with Gasteiger partial charge in [-0.2, -0.15) is 0 Å². The Morgan fingerprint density at radius 1 is 1.10 bits per heavy atom. The molecule has 0 fully saturated rings. The van der Waals surface area contributed by atoms with E-state index in [-0.39, 0.29) is 0 Å². The van der Waals surface area contributed by atoms with Crippen LogP contribution < -0.4 is 10.6 Å². The minimum Gasteiger partial charge on any atom is -0.370 e. The molecule has 1 aromatic carbocycles. The van der Waals surface area contributed by atoms with E-state index in [2.05, 4.69) is 52.9 Å². The summed E-state index contributed by atoms with van der Waals surface area (Å²) in [4.78, 5) is 4.66. The van der Waals surface area contributed by atoms with Crippen molar-refractivity contribution in [2.24, 2.45) is 0 Å². The van der Waals surface area contributed by atoms with Crippen LogP contribution in [-0.4, -0.2) is 11.5 Å². The SMILES string of the molecule is CCCNc1cccc(NC2CCCc3ccccc32)n1. The molecule has 1 aliphatic carbocycles. The number of nitrogens with zero attached hydrogens (tertiary/aromatic N) is 1. The van der Waals surface area contributed by atoms with E-state index in [1.807, 2.05) is 12.1 Å². The first-order chi connectivity index (χ1) is 10.4. The van der Waals surface area contributed by atoms with Crippen LogP contribution in [0.5, 0.6) is 0 Å². The maximum absolute atomic E-state index is 4.66. The predicted molar refractivity (Wildman–Crippen MR) is 88.8 cm³/mol. The number of anilines is 2. The standard InChI is InChI=1S/C18H23N3/c1-2-13-19-17-11-6-12-18(21-17)20-16-10-5-8-14-7-3-4-9-15(14)16/h3-4,6-7,9,11-12,16H,2,5,8,10,13H2,1H3,(H2,19,20,21). The number of aryl methyl sites for hydroxylation is 1. The highest BCUT2D eigenvalue weighted by atomic mass is 15.1. The van der Waals surface area contributed by atoms with E-state index in [0.717, 1.165) is 24.6 Å². The Hall–Kier alpha value is -2.03. The molecule has 2 aromatic rings. The minimum absolute atomic E-state index is 0.379. The summed E-state index contributed by atoms with van der Waals surface area (Å²) in [5, 5.41) is 6.94. The van der Waals surface area contributed by atoms with Crippen molar-refractivity contribution in [3.05, 3.63) is 53.6 Å². The van der Waals surface area contributed by atoms with Crippen LogP contribution in [0.3, 0.4) is 0 Å². The van der Waals surface area contributed by atoms with Crippen LogP contribution in [0.4, 0.5) is 11.6 Å². The second-order valence-corrected chi connectivity index (χ2v) is 5.62. The van der Waals surface area contributed by atoms with E-state index in [1.165, 1.54) is 30.4 Å². The summed E-state index contributed by atoms with van der Waals surface area (Å²) in [5.41, 5.74) is 2.90. The van der Waals surface area contributed by atoms with Crippen LogP contribution in [0.2, 0.25) is 0 Å². The first kappa shape index (κ1) is 13.9. The van der Waals surface area contributed by atoms with Gasteiger partial charge in [-0.3, -0.25) is 0 Å². The van der Waals surface area contributed by atoms with Crippen molar-refractivity contribution < 1.29 is 0 Å². The summed E-state index contributed by atoms with van der Waals surface area (Å²) in [6.07, 6.45) is 4.71. The Morgan fingerprint density at radius 2 is 1.95 bits per heavy atom. The fourth-order valence-electron chi connectivity index (χ4n) is 2.95. The second kappa shape index (κ2) is 6.61. The van der Waals surface area contributed by atoms with Crippen LogP contribution in [0.15, 0.2) is 42.5 Å². The van der Waals surface area contributed by atoms with Crippen molar-refractivity contribution in [1.29, 1.82) is 0 Å². The monoisotopic (exact) mass is 281 g/mol. The van der Waals surface area contributed by atoms with E-state index in [4.69, 9.17) is 0 Å². The molecule has 1 aromatic heterocycles. The topological polar surface area (TPSA) is 37.0 Å². The molecule has 1 heterocycles. The Labute approximate surface area is 126 Å². The van der Waals surface area contributed by atoms with Gasteiger partial charge in [-0.15, -0.1) is 0 Å². The molecule has 110 valence electrons. The molecule has 1 unspecified atom stereocenters. The Balaban J connectivity index is 1.75. The molecule has 0 amide bonds. The lowest BCUT2D eigenvalue weighted by Gasteiger charge is -2.27. The molecule has 21 heavy (non-hydrogen) atoms. The molecule has 1 aliphatic rings. The predicted octanol–water partition coefficient (Wildman–Crippen LogP) is 4.39. The van der Waals surface area contributed by atoms with Crippen molar-refractivity contribution >= 4 is 11.6 Å². The molecule has 0 spiro atoms. The average molecular weight is 281 g/mol. The van der Waals surface area contributed by atoms with Crippen LogP contribution in [0, 0.1) is 0 Å². The third-order valence-corrected chi connectivity index (χ3v) is 4.00. The number of hydrogen-bond donors (Lipinski definition) is 2. The molecule has 0 saturated carbocycles. The van der Waals surface area contributed by atoms with E-state index in [1.54, 1.807) is 0 Å². The summed E-state index contributed by atoms with van der Waals surface area (Å²) >= 11 is 0. The highest BCUT2D eigenvalue weighted by Crippen LogP contribution is 2.32. The molecule has 0 saturated heterocycles. The van der Waals surface area contributed by atoms with Crippen molar-refractivity contribution in [2.75, 3.05) is 17.2 Å². The van der Waals surface area contributed by atoms with Crippen molar-refractivity contribution in [3.8, 4) is 0 Å². The number of rotatable bonds is 5. The summed E-state index contributed by atoms with van der Waals surface area (Å²) in [6.45, 7) is 3.12. The molecule has 3 nitrogen and oxygen atoms in total. The first-order valence-corrected chi connectivity index (χ1v) is 7.92. The highest BCUT2D eigenvalue weighted by molar-refractivity contribution is 5.47. The van der Waals surface area contributed by atoms with Crippen molar-refractivity contribution in [2.45, 2.75) is 38.6 Å². The summed E-state index contributed by atoms with van der Waals surface area (Å²) in [5.74, 6) is 1.91. The highest BCUT2D eigenvalue weighted by Gasteiger charge is 2.19. The van der Waals surface area contributed by atoms with E-state index in [0.29, 0.717) is 6.04 Å². The first-order valence-electron chi connectivity index (χ1n) is 7.92. The van der Waals surface area contributed by atoms with Crippen molar-refractivity contribution in [1.82, 2.24) is 4.98 Å². The van der Waals surface area contributed by atoms with Gasteiger partial charge in [-0.05, 0) is 48.9 Å². The third-order valence-electron chi connectivity index (χ3n) is 4.00. The number of aromatic nitrogens is 1. The third kappa shape index (κ3) is 3.35. The van der Waals surface area contributed by atoms with Gasteiger partial charge in [0.05, 0.1) is 6.04 Å². The molecular formula is C18H23N3. The van der Waals surface area contributed by atoms with Gasteiger partial charge in [0.15, 0.2) is 0 Å². The fraction of sp³-hybridized carbons (Fsp3) is 0.389. The van der Waals surface area contributed by atoms with Gasteiger partial charge in [-0.25, -0.2) is 4.98 Å². The van der Waals surface area contributed by atoms with Gasteiger partial charge in [-0.1, -0.05) is 37.3 Å². The van der Waals surface area contributed by atoms with Gasteiger partial charge in [0.1, 0.15) is 11.6 Å². The van der Waals surface area contributed by atoms with Crippen molar-refractivity contribution in [3.63, 3.8) is 0 Å². The second-order valence-electron chi connectivity index (χ2n) is 5.62. The Kier molecular flexibility index (Phi) is 4.39. The van der Waals surface area contributed by atoms with Crippen LogP contribution in [0.1, 0.15) is 43.4 Å². The number of pyridine rings is 1. The zero-order chi connectivity index (χ0) is 14.5. The number of fused-ring (bicyclic) bond motifs is 1. The summed E-state index contributed by atoms with van der Waals surface area (Å²) in [6, 6.07) is 15.3. The number of hydrogen-bond acceptors (Lipinski definition) is 3. The lowest BCUT2D eigenvalue weighted by molar-refractivity contribution is 0.599. The summed E-state index contributed by atoms with van der Waals surface area (Å²) < 4.78 is 0. The zero-order valence-corrected chi connectivity index (χ0v) is 12.6. The number of benzene rings is 1. The fourth-order valence-corrected chi connectivity index (χ4v) is 2.95. The lowest BCUT2D eigenvalue weighted by Crippen LogP contribution is -2.18. The van der Waals surface area contributed by atoms with Crippen LogP contribution >= 0.6 is 0 Å². The quantitative estimate of drug-likeness (QED) is 0.853. The molecule has 3 heteroatoms. The molecule has 3 rings (SSSR count). The Morgan fingerprint density at radius 3 is 2.86 bits per heavy atom. The van der Waals surface area contributed by atoms with E-state index < -0.39 is 0 Å². The average Bonchev–Trinajstić information content (AvgIpc) is 2.54. The molecule has 1 atom stereocenters. The van der Waals surface area contributed by atoms with Gasteiger partial charge in [0, 0.05) is 6.54 Å². The molecule has 2 N–H and O–H groups in total. The van der Waals surface area contributed by atoms with E-state index >= 15 is 0 Å². The van der Waals surface area contributed by atoms with Crippen LogP contribution in [0.25, 0.3) is 0 Å². The van der Waals surface area contributed by atoms with Gasteiger partial charge in [0.2, 0.25) is 0 Å². The maximum Gasteiger partial charge on any atom is 0.128 e. The molecular weight excluding hydrogens is 258 g/mol. The van der Waals surface area contributed by atoms with Crippen LogP contribution in [-0.2, 0) is 6.42 Å². The van der Waals surface area contributed by atoms with E-state index in [9.17, 15) is 0 Å². The largest absolute Gasteiger partial charge is 0.370 e. The summed E-state index contributed by atoms with van der Waals surface area (Å²) in [7, 11) is 0. The minimum atomic E-state index is 0.379.